The minimum atomic E-state index is -1.16. The second kappa shape index (κ2) is 6.82. The maximum Gasteiger partial charge on any atom is 0.316 e. The van der Waals surface area contributed by atoms with E-state index in [1.165, 1.54) is 31.4 Å². The highest BCUT2D eigenvalue weighted by Gasteiger charge is 2.30. The highest BCUT2D eigenvalue weighted by molar-refractivity contribution is 5.79. The van der Waals surface area contributed by atoms with Crippen LogP contribution in [0.4, 0.5) is 5.69 Å². The van der Waals surface area contributed by atoms with Gasteiger partial charge < -0.3 is 9.84 Å². The summed E-state index contributed by atoms with van der Waals surface area (Å²) in [6.07, 6.45) is -1.16. The summed E-state index contributed by atoms with van der Waals surface area (Å²) < 4.78 is 4.76. The largest absolute Gasteiger partial charge is 0.468 e. The summed E-state index contributed by atoms with van der Waals surface area (Å²) in [6, 6.07) is 14.2. The Bertz CT molecular complexity index is 654. The van der Waals surface area contributed by atoms with Crippen LogP contribution in [0.5, 0.6) is 0 Å². The average Bonchev–Trinajstić information content (AvgIpc) is 2.55. The van der Waals surface area contributed by atoms with Crippen molar-refractivity contribution in [3.63, 3.8) is 0 Å². The normalized spacial score (nSPS) is 13.2. The molecule has 1 N–H and O–H groups in total. The van der Waals surface area contributed by atoms with Gasteiger partial charge in [-0.2, -0.15) is 0 Å². The summed E-state index contributed by atoms with van der Waals surface area (Å²) in [6.45, 7) is 0. The number of esters is 1. The molecule has 2 rings (SSSR count). The quantitative estimate of drug-likeness (QED) is 0.521. The molecule has 0 radical (unpaired) electrons. The SMILES string of the molecule is COC(=O)[C@@H](c1ccccc1)[C@@H](O)c1ccc([N+](=O)[O-])cc1. The molecule has 0 saturated carbocycles. The van der Waals surface area contributed by atoms with Crippen molar-refractivity contribution in [2.45, 2.75) is 12.0 Å². The zero-order valence-corrected chi connectivity index (χ0v) is 11.9. The number of nitrogens with zero attached hydrogens (tertiary/aromatic N) is 1. The Morgan fingerprint density at radius 2 is 1.68 bits per heavy atom. The van der Waals surface area contributed by atoms with Crippen LogP contribution in [0, 0.1) is 10.1 Å². The van der Waals surface area contributed by atoms with Crippen molar-refractivity contribution in [3.05, 3.63) is 75.8 Å². The minimum absolute atomic E-state index is 0.0784. The van der Waals surface area contributed by atoms with Gasteiger partial charge in [-0.15, -0.1) is 0 Å². The Kier molecular flexibility index (Phi) is 4.85. The maximum atomic E-state index is 12.0. The van der Waals surface area contributed by atoms with Gasteiger partial charge >= 0.3 is 5.97 Å². The maximum absolute atomic E-state index is 12.0. The van der Waals surface area contributed by atoms with Gasteiger partial charge in [0.1, 0.15) is 5.92 Å². The van der Waals surface area contributed by atoms with Crippen LogP contribution in [0.15, 0.2) is 54.6 Å². The molecule has 2 aromatic carbocycles. The smallest absolute Gasteiger partial charge is 0.316 e. The molecule has 0 aliphatic rings. The molecule has 0 unspecified atom stereocenters. The number of aliphatic hydroxyl groups excluding tert-OH is 1. The summed E-state index contributed by atoms with van der Waals surface area (Å²) in [7, 11) is 1.25. The zero-order chi connectivity index (χ0) is 16.1. The third kappa shape index (κ3) is 3.29. The predicted octanol–water partition coefficient (Wildman–Crippen LogP) is 2.59. The van der Waals surface area contributed by atoms with Crippen LogP contribution in [-0.4, -0.2) is 23.1 Å². The molecule has 22 heavy (non-hydrogen) atoms. The van der Waals surface area contributed by atoms with E-state index >= 15 is 0 Å². The van der Waals surface area contributed by atoms with Crippen molar-refractivity contribution in [2.24, 2.45) is 0 Å². The van der Waals surface area contributed by atoms with Gasteiger partial charge in [0.15, 0.2) is 0 Å². The summed E-state index contributed by atoms with van der Waals surface area (Å²) in [4.78, 5) is 22.2. The van der Waals surface area contributed by atoms with E-state index in [0.717, 1.165) is 0 Å². The topological polar surface area (TPSA) is 89.7 Å². The molecule has 6 heteroatoms. The number of aliphatic hydroxyl groups is 1. The number of non-ortho nitro benzene ring substituents is 1. The molecule has 0 heterocycles. The lowest BCUT2D eigenvalue weighted by Gasteiger charge is -2.21. The van der Waals surface area contributed by atoms with Crippen molar-refractivity contribution >= 4 is 11.7 Å². The van der Waals surface area contributed by atoms with Crippen molar-refractivity contribution in [1.82, 2.24) is 0 Å². The second-order valence-electron chi connectivity index (χ2n) is 4.70. The Morgan fingerprint density at radius 3 is 2.18 bits per heavy atom. The van der Waals surface area contributed by atoms with Gasteiger partial charge in [0.25, 0.3) is 5.69 Å². The third-order valence-corrected chi connectivity index (χ3v) is 3.37. The van der Waals surface area contributed by atoms with Crippen LogP contribution in [0.3, 0.4) is 0 Å². The number of methoxy groups -OCH3 is 1. The van der Waals surface area contributed by atoms with Crippen LogP contribution in [0.2, 0.25) is 0 Å². The lowest BCUT2D eigenvalue weighted by Crippen LogP contribution is -2.21. The monoisotopic (exact) mass is 301 g/mol. The zero-order valence-electron chi connectivity index (χ0n) is 11.9. The number of rotatable bonds is 5. The van der Waals surface area contributed by atoms with Crippen LogP contribution in [0.25, 0.3) is 0 Å². The number of ether oxygens (including phenoxy) is 1. The number of hydrogen-bond acceptors (Lipinski definition) is 5. The summed E-state index contributed by atoms with van der Waals surface area (Å²) in [5.74, 6) is -1.47. The van der Waals surface area contributed by atoms with Crippen LogP contribution in [0.1, 0.15) is 23.1 Å². The van der Waals surface area contributed by atoms with Gasteiger partial charge in [-0.1, -0.05) is 30.3 Å². The number of nitro groups is 1. The fourth-order valence-corrected chi connectivity index (χ4v) is 2.22. The van der Waals surface area contributed by atoms with Crippen molar-refractivity contribution in [2.75, 3.05) is 7.11 Å². The lowest BCUT2D eigenvalue weighted by atomic mass is 9.89. The van der Waals surface area contributed by atoms with Gasteiger partial charge in [0.2, 0.25) is 0 Å². The van der Waals surface area contributed by atoms with Crippen LogP contribution in [-0.2, 0) is 9.53 Å². The highest BCUT2D eigenvalue weighted by Crippen LogP contribution is 2.32. The van der Waals surface area contributed by atoms with Crippen LogP contribution < -0.4 is 0 Å². The van der Waals surface area contributed by atoms with Gasteiger partial charge in [-0.05, 0) is 23.3 Å². The number of carbonyl (C=O) groups excluding carboxylic acids is 1. The van der Waals surface area contributed by atoms with Gasteiger partial charge in [-0.3, -0.25) is 14.9 Å². The molecule has 6 nitrogen and oxygen atoms in total. The van der Waals surface area contributed by atoms with E-state index in [-0.39, 0.29) is 5.69 Å². The Morgan fingerprint density at radius 1 is 1.09 bits per heavy atom. The number of benzene rings is 2. The average molecular weight is 301 g/mol. The Hall–Kier alpha value is -2.73. The molecule has 0 saturated heterocycles. The first kappa shape index (κ1) is 15.7. The van der Waals surface area contributed by atoms with E-state index in [1.54, 1.807) is 30.3 Å². The van der Waals surface area contributed by atoms with Crippen LogP contribution >= 0.6 is 0 Å². The number of hydrogen-bond donors (Lipinski definition) is 1. The van der Waals surface area contributed by atoms with Crippen molar-refractivity contribution in [1.29, 1.82) is 0 Å². The first-order chi connectivity index (χ1) is 10.5. The summed E-state index contributed by atoms with van der Waals surface area (Å²) in [5, 5.41) is 21.2. The molecule has 0 aromatic heterocycles. The van der Waals surface area contributed by atoms with E-state index in [2.05, 4.69) is 0 Å². The van der Waals surface area contributed by atoms with Crippen molar-refractivity contribution < 1.29 is 19.6 Å². The number of carbonyl (C=O) groups is 1. The Balaban J connectivity index is 2.35. The minimum Gasteiger partial charge on any atom is -0.468 e. The highest BCUT2D eigenvalue weighted by atomic mass is 16.6. The second-order valence-corrected chi connectivity index (χ2v) is 4.70. The third-order valence-electron chi connectivity index (χ3n) is 3.37. The van der Waals surface area contributed by atoms with Gasteiger partial charge in [0, 0.05) is 12.1 Å². The van der Waals surface area contributed by atoms with Gasteiger partial charge in [-0.25, -0.2) is 0 Å². The molecule has 0 bridgehead atoms. The fourth-order valence-electron chi connectivity index (χ4n) is 2.22. The molecule has 2 aromatic rings. The van der Waals surface area contributed by atoms with E-state index in [0.29, 0.717) is 11.1 Å². The van der Waals surface area contributed by atoms with Gasteiger partial charge in [0.05, 0.1) is 18.1 Å². The predicted molar refractivity (Wildman–Crippen MR) is 79.3 cm³/mol. The fraction of sp³-hybridized carbons (Fsp3) is 0.188. The summed E-state index contributed by atoms with van der Waals surface area (Å²) >= 11 is 0. The molecule has 0 fully saturated rings. The molecular formula is C16H15NO5. The molecule has 0 spiro atoms. The standard InChI is InChI=1S/C16H15NO5/c1-22-16(19)14(11-5-3-2-4-6-11)15(18)12-7-9-13(10-8-12)17(20)21/h2-10,14-15,18H,1H3/t14-,15-/m0/s1. The van der Waals surface area contributed by atoms with E-state index in [4.69, 9.17) is 4.74 Å². The summed E-state index contributed by atoms with van der Waals surface area (Å²) in [5.41, 5.74) is 0.940. The Labute approximate surface area is 127 Å². The van der Waals surface area contributed by atoms with E-state index in [9.17, 15) is 20.0 Å². The molecule has 0 amide bonds. The first-order valence-electron chi connectivity index (χ1n) is 6.59. The molecule has 2 atom stereocenters. The molecule has 0 aliphatic heterocycles. The van der Waals surface area contributed by atoms with E-state index < -0.39 is 22.9 Å². The molecule has 114 valence electrons. The number of nitro benzene ring substituents is 1. The van der Waals surface area contributed by atoms with Crippen molar-refractivity contribution in [3.8, 4) is 0 Å². The first-order valence-corrected chi connectivity index (χ1v) is 6.59. The lowest BCUT2D eigenvalue weighted by molar-refractivity contribution is -0.384. The molecular weight excluding hydrogens is 286 g/mol. The molecule has 0 aliphatic carbocycles. The van der Waals surface area contributed by atoms with E-state index in [1.807, 2.05) is 0 Å².